The minimum Gasteiger partial charge on any atom is -0.459 e. The monoisotopic (exact) mass is 212 g/mol. The van der Waals surface area contributed by atoms with Gasteiger partial charge in [-0.3, -0.25) is 0 Å². The van der Waals surface area contributed by atoms with Gasteiger partial charge in [-0.25, -0.2) is 4.79 Å². The lowest BCUT2D eigenvalue weighted by Crippen LogP contribution is -2.27. The van der Waals surface area contributed by atoms with E-state index < -0.39 is 0 Å². The molecule has 0 aliphatic carbocycles. The molecule has 0 aromatic heterocycles. The average Bonchev–Trinajstić information content (AvgIpc) is 2.66. The normalized spacial score (nSPS) is 33.6. The number of rotatable bonds is 5. The molecule has 1 aliphatic rings. The molecule has 2 atom stereocenters. The van der Waals surface area contributed by atoms with E-state index in [1.165, 1.54) is 0 Å². The second-order valence-corrected chi connectivity index (χ2v) is 4.67. The Balaban J connectivity index is 2.41. The van der Waals surface area contributed by atoms with E-state index in [-0.39, 0.29) is 17.2 Å². The number of carbonyl (C=O) groups excluding carboxylic acids is 1. The van der Waals surface area contributed by atoms with Gasteiger partial charge in [-0.05, 0) is 27.2 Å². The maximum Gasteiger partial charge on any atom is 0.333 e. The van der Waals surface area contributed by atoms with Gasteiger partial charge >= 0.3 is 5.97 Å². The zero-order valence-electron chi connectivity index (χ0n) is 10.1. The van der Waals surface area contributed by atoms with Crippen LogP contribution in [-0.4, -0.2) is 23.8 Å². The standard InChI is InChI=1S/C12H20O3/c1-6-7-11(4)12(5,15-11)8-14-10(13)9(2)3/h2,6-8H2,1,3-5H3. The molecular formula is C12H20O3. The van der Waals surface area contributed by atoms with Gasteiger partial charge in [-0.2, -0.15) is 0 Å². The number of epoxide rings is 1. The molecule has 15 heavy (non-hydrogen) atoms. The molecule has 3 nitrogen and oxygen atoms in total. The van der Waals surface area contributed by atoms with E-state index >= 15 is 0 Å². The van der Waals surface area contributed by atoms with Crippen LogP contribution in [0, 0.1) is 0 Å². The summed E-state index contributed by atoms with van der Waals surface area (Å²) in [5.74, 6) is -0.342. The highest BCUT2D eigenvalue weighted by atomic mass is 16.7. The molecule has 2 unspecified atom stereocenters. The third-order valence-corrected chi connectivity index (χ3v) is 3.08. The Labute approximate surface area is 91.4 Å². The SMILES string of the molecule is C=C(C)C(=O)OCC1(C)OC1(C)CCC. The average molecular weight is 212 g/mol. The molecule has 0 aromatic carbocycles. The van der Waals surface area contributed by atoms with Gasteiger partial charge in [-0.1, -0.05) is 19.9 Å². The first-order valence-electron chi connectivity index (χ1n) is 5.37. The molecule has 1 heterocycles. The highest BCUT2D eigenvalue weighted by Crippen LogP contribution is 2.50. The number of hydrogen-bond donors (Lipinski definition) is 0. The Morgan fingerprint density at radius 2 is 2.00 bits per heavy atom. The van der Waals surface area contributed by atoms with Crippen molar-refractivity contribution in [3.05, 3.63) is 12.2 Å². The summed E-state index contributed by atoms with van der Waals surface area (Å²) in [6, 6.07) is 0. The van der Waals surface area contributed by atoms with Crippen molar-refractivity contribution in [2.45, 2.75) is 51.7 Å². The van der Waals surface area contributed by atoms with Gasteiger partial charge in [0.2, 0.25) is 0 Å². The minimum atomic E-state index is -0.342. The van der Waals surface area contributed by atoms with Crippen molar-refractivity contribution in [2.75, 3.05) is 6.61 Å². The summed E-state index contributed by atoms with van der Waals surface area (Å²) in [7, 11) is 0. The fourth-order valence-corrected chi connectivity index (χ4v) is 1.77. The van der Waals surface area contributed by atoms with Crippen LogP contribution in [0.4, 0.5) is 0 Å². The number of esters is 1. The molecule has 1 fully saturated rings. The highest BCUT2D eigenvalue weighted by Gasteiger charge is 2.63. The number of ether oxygens (including phenoxy) is 2. The van der Waals surface area contributed by atoms with Crippen molar-refractivity contribution < 1.29 is 14.3 Å². The summed E-state index contributed by atoms with van der Waals surface area (Å²) in [6.45, 7) is 11.7. The molecule has 0 spiro atoms. The van der Waals surface area contributed by atoms with Gasteiger partial charge in [-0.15, -0.1) is 0 Å². The molecular weight excluding hydrogens is 192 g/mol. The lowest BCUT2D eigenvalue weighted by Gasteiger charge is -2.12. The molecule has 3 heteroatoms. The van der Waals surface area contributed by atoms with Crippen molar-refractivity contribution in [1.29, 1.82) is 0 Å². The zero-order chi connectivity index (χ0) is 11.7. The van der Waals surface area contributed by atoms with Crippen molar-refractivity contribution in [3.63, 3.8) is 0 Å². The maximum absolute atomic E-state index is 11.2. The predicted octanol–water partition coefficient (Wildman–Crippen LogP) is 2.45. The third-order valence-electron chi connectivity index (χ3n) is 3.08. The fraction of sp³-hybridized carbons (Fsp3) is 0.750. The number of carbonyl (C=O) groups is 1. The summed E-state index contributed by atoms with van der Waals surface area (Å²) in [6.07, 6.45) is 2.06. The first-order valence-corrected chi connectivity index (χ1v) is 5.37. The fourth-order valence-electron chi connectivity index (χ4n) is 1.77. The molecule has 0 saturated carbocycles. The Morgan fingerprint density at radius 3 is 2.47 bits per heavy atom. The molecule has 0 radical (unpaired) electrons. The summed E-state index contributed by atoms with van der Waals surface area (Å²) in [5, 5.41) is 0. The van der Waals surface area contributed by atoms with Gasteiger partial charge in [0.25, 0.3) is 0 Å². The highest BCUT2D eigenvalue weighted by molar-refractivity contribution is 5.86. The van der Waals surface area contributed by atoms with E-state index in [2.05, 4.69) is 20.4 Å². The minimum absolute atomic E-state index is 0.128. The van der Waals surface area contributed by atoms with Crippen LogP contribution in [0.15, 0.2) is 12.2 Å². The van der Waals surface area contributed by atoms with Crippen LogP contribution < -0.4 is 0 Å². The van der Waals surface area contributed by atoms with E-state index in [1.807, 2.05) is 6.92 Å². The molecule has 1 rings (SSSR count). The molecule has 0 aromatic rings. The molecule has 1 aliphatic heterocycles. The van der Waals surface area contributed by atoms with E-state index in [0.717, 1.165) is 12.8 Å². The maximum atomic E-state index is 11.2. The van der Waals surface area contributed by atoms with Gasteiger partial charge < -0.3 is 9.47 Å². The smallest absolute Gasteiger partial charge is 0.333 e. The Bertz CT molecular complexity index is 285. The number of hydrogen-bond acceptors (Lipinski definition) is 3. The Hall–Kier alpha value is -0.830. The largest absolute Gasteiger partial charge is 0.459 e. The summed E-state index contributed by atoms with van der Waals surface area (Å²) in [5.41, 5.74) is -0.0120. The van der Waals surface area contributed by atoms with E-state index in [0.29, 0.717) is 12.2 Å². The van der Waals surface area contributed by atoms with E-state index in [1.54, 1.807) is 6.92 Å². The summed E-state index contributed by atoms with van der Waals surface area (Å²) in [4.78, 5) is 11.2. The lowest BCUT2D eigenvalue weighted by molar-refractivity contribution is -0.140. The van der Waals surface area contributed by atoms with Crippen molar-refractivity contribution in [1.82, 2.24) is 0 Å². The van der Waals surface area contributed by atoms with Gasteiger partial charge in [0, 0.05) is 5.57 Å². The van der Waals surface area contributed by atoms with Crippen LogP contribution >= 0.6 is 0 Å². The Morgan fingerprint density at radius 1 is 1.40 bits per heavy atom. The molecule has 86 valence electrons. The first kappa shape index (κ1) is 12.2. The summed E-state index contributed by atoms with van der Waals surface area (Å²) < 4.78 is 10.8. The van der Waals surface area contributed by atoms with Crippen LogP contribution in [0.3, 0.4) is 0 Å². The van der Waals surface area contributed by atoms with Crippen molar-refractivity contribution in [3.8, 4) is 0 Å². The second kappa shape index (κ2) is 3.97. The molecule has 0 bridgehead atoms. The lowest BCUT2D eigenvalue weighted by atomic mass is 9.92. The van der Waals surface area contributed by atoms with Crippen molar-refractivity contribution >= 4 is 5.97 Å². The van der Waals surface area contributed by atoms with Crippen LogP contribution in [0.2, 0.25) is 0 Å². The van der Waals surface area contributed by atoms with Crippen LogP contribution in [0.1, 0.15) is 40.5 Å². The third kappa shape index (κ3) is 2.40. The van der Waals surface area contributed by atoms with Crippen LogP contribution in [0.25, 0.3) is 0 Å². The topological polar surface area (TPSA) is 38.8 Å². The second-order valence-electron chi connectivity index (χ2n) is 4.67. The molecule has 0 amide bonds. The quantitative estimate of drug-likeness (QED) is 0.399. The van der Waals surface area contributed by atoms with Crippen molar-refractivity contribution in [2.24, 2.45) is 0 Å². The Kier molecular flexibility index (Phi) is 3.24. The van der Waals surface area contributed by atoms with Gasteiger partial charge in [0.1, 0.15) is 12.2 Å². The summed E-state index contributed by atoms with van der Waals surface area (Å²) >= 11 is 0. The zero-order valence-corrected chi connectivity index (χ0v) is 10.1. The van der Waals surface area contributed by atoms with E-state index in [9.17, 15) is 4.79 Å². The molecule has 1 saturated heterocycles. The van der Waals surface area contributed by atoms with E-state index in [4.69, 9.17) is 9.47 Å². The predicted molar refractivity (Wildman–Crippen MR) is 58.6 cm³/mol. The van der Waals surface area contributed by atoms with Gasteiger partial charge in [0.15, 0.2) is 0 Å². The molecule has 0 N–H and O–H groups in total. The first-order chi connectivity index (χ1) is 6.84. The van der Waals surface area contributed by atoms with Gasteiger partial charge in [0.05, 0.1) is 5.60 Å². The van der Waals surface area contributed by atoms with Crippen LogP contribution in [0.5, 0.6) is 0 Å². The van der Waals surface area contributed by atoms with Crippen LogP contribution in [-0.2, 0) is 14.3 Å².